The van der Waals surface area contributed by atoms with E-state index < -0.39 is 0 Å². The lowest BCUT2D eigenvalue weighted by molar-refractivity contribution is 0.416. The second kappa shape index (κ2) is 5.25. The van der Waals surface area contributed by atoms with Gasteiger partial charge in [-0.1, -0.05) is 0 Å². The summed E-state index contributed by atoms with van der Waals surface area (Å²) in [4.78, 5) is 1.13. The number of ether oxygens (including phenoxy) is 1. The molecule has 0 saturated carbocycles. The highest BCUT2D eigenvalue weighted by Crippen LogP contribution is 2.27. The van der Waals surface area contributed by atoms with Gasteiger partial charge in [0.15, 0.2) is 0 Å². The molecule has 0 aliphatic carbocycles. The maximum absolute atomic E-state index is 5.67. The Morgan fingerprint density at radius 3 is 2.92 bits per heavy atom. The van der Waals surface area contributed by atoms with Crippen LogP contribution in [0.1, 0.15) is 0 Å². The lowest BCUT2D eigenvalue weighted by Gasteiger charge is -2.06. The first-order chi connectivity index (χ1) is 6.27. The summed E-state index contributed by atoms with van der Waals surface area (Å²) in [6.07, 6.45) is 0. The van der Waals surface area contributed by atoms with Crippen molar-refractivity contribution in [1.82, 2.24) is 0 Å². The van der Waals surface area contributed by atoms with Gasteiger partial charge in [-0.3, -0.25) is 0 Å². The largest absolute Gasteiger partial charge is 0.495 e. The van der Waals surface area contributed by atoms with Crippen LogP contribution in [0.5, 0.6) is 5.75 Å². The molecule has 0 amide bonds. The van der Waals surface area contributed by atoms with Crippen LogP contribution in [0.4, 0.5) is 5.69 Å². The summed E-state index contributed by atoms with van der Waals surface area (Å²) >= 11 is 7.27. The molecule has 0 unspecified atom stereocenters. The number of nitrogens with two attached hydrogens (primary N) is 1. The van der Waals surface area contributed by atoms with Crippen LogP contribution in [0, 0.1) is 0 Å². The first kappa shape index (κ1) is 10.5. The van der Waals surface area contributed by atoms with Crippen molar-refractivity contribution in [3.63, 3.8) is 0 Å². The molecule has 1 rings (SSSR count). The molecule has 0 atom stereocenters. The third kappa shape index (κ3) is 3.01. The van der Waals surface area contributed by atoms with Crippen LogP contribution in [-0.4, -0.2) is 18.7 Å². The highest BCUT2D eigenvalue weighted by Gasteiger charge is 2.00. The fraction of sp³-hybridized carbons (Fsp3) is 0.333. The van der Waals surface area contributed by atoms with Crippen LogP contribution in [0.2, 0.25) is 0 Å². The molecule has 0 spiro atoms. The van der Waals surface area contributed by atoms with Crippen molar-refractivity contribution >= 4 is 29.1 Å². The van der Waals surface area contributed by atoms with Crippen LogP contribution < -0.4 is 10.5 Å². The van der Waals surface area contributed by atoms with Gasteiger partial charge in [-0.25, -0.2) is 0 Å². The quantitative estimate of drug-likeness (QED) is 0.479. The topological polar surface area (TPSA) is 35.2 Å². The number of anilines is 1. The molecule has 0 radical (unpaired) electrons. The molecule has 4 heteroatoms. The van der Waals surface area contributed by atoms with Crippen LogP contribution in [-0.2, 0) is 0 Å². The zero-order chi connectivity index (χ0) is 9.68. The summed E-state index contributed by atoms with van der Waals surface area (Å²) in [6, 6.07) is 5.73. The van der Waals surface area contributed by atoms with Gasteiger partial charge in [0.2, 0.25) is 0 Å². The van der Waals surface area contributed by atoms with Crippen LogP contribution in [0.15, 0.2) is 23.1 Å². The molecule has 0 fully saturated rings. The second-order valence-electron chi connectivity index (χ2n) is 2.44. The zero-order valence-electron chi connectivity index (χ0n) is 7.42. The minimum Gasteiger partial charge on any atom is -0.495 e. The van der Waals surface area contributed by atoms with Crippen LogP contribution >= 0.6 is 23.4 Å². The van der Waals surface area contributed by atoms with Gasteiger partial charge in [-0.05, 0) is 18.2 Å². The second-order valence-corrected chi connectivity index (χ2v) is 3.99. The number of benzene rings is 1. The van der Waals surface area contributed by atoms with E-state index >= 15 is 0 Å². The Morgan fingerprint density at radius 2 is 2.31 bits per heavy atom. The highest BCUT2D eigenvalue weighted by atomic mass is 35.5. The third-order valence-electron chi connectivity index (χ3n) is 1.55. The molecule has 0 saturated heterocycles. The highest BCUT2D eigenvalue weighted by molar-refractivity contribution is 7.99. The fourth-order valence-corrected chi connectivity index (χ4v) is 1.84. The van der Waals surface area contributed by atoms with Crippen molar-refractivity contribution in [1.29, 1.82) is 0 Å². The van der Waals surface area contributed by atoms with Crippen LogP contribution in [0.25, 0.3) is 0 Å². The Hall–Kier alpha value is -0.540. The van der Waals surface area contributed by atoms with Gasteiger partial charge in [0, 0.05) is 16.5 Å². The maximum atomic E-state index is 5.67. The molecule has 0 aliphatic heterocycles. The minimum atomic E-state index is 0.650. The summed E-state index contributed by atoms with van der Waals surface area (Å²) in [5.41, 5.74) is 6.33. The fourth-order valence-electron chi connectivity index (χ4n) is 0.938. The van der Waals surface area contributed by atoms with Gasteiger partial charge in [-0.15, -0.1) is 23.4 Å². The molecule has 72 valence electrons. The van der Waals surface area contributed by atoms with Crippen molar-refractivity contribution in [3.05, 3.63) is 18.2 Å². The van der Waals surface area contributed by atoms with Crippen molar-refractivity contribution in [3.8, 4) is 5.75 Å². The Bertz CT molecular complexity index is 280. The van der Waals surface area contributed by atoms with Crippen molar-refractivity contribution < 1.29 is 4.74 Å². The normalized spacial score (nSPS) is 10.0. The maximum Gasteiger partial charge on any atom is 0.142 e. The molecular weight excluding hydrogens is 206 g/mol. The van der Waals surface area contributed by atoms with Crippen molar-refractivity contribution in [2.45, 2.75) is 4.90 Å². The van der Waals surface area contributed by atoms with Crippen LogP contribution in [0.3, 0.4) is 0 Å². The smallest absolute Gasteiger partial charge is 0.142 e. The SMILES string of the molecule is COc1cc(SCCCl)ccc1N. The first-order valence-electron chi connectivity index (χ1n) is 3.90. The number of methoxy groups -OCH3 is 1. The number of halogens is 1. The molecule has 2 N–H and O–H groups in total. The van der Waals surface area contributed by atoms with Crippen molar-refractivity contribution in [2.24, 2.45) is 0 Å². The van der Waals surface area contributed by atoms with E-state index in [9.17, 15) is 0 Å². The summed E-state index contributed by atoms with van der Waals surface area (Å²) in [7, 11) is 1.61. The Kier molecular flexibility index (Phi) is 4.25. The average molecular weight is 218 g/mol. The Balaban J connectivity index is 2.74. The molecule has 0 aliphatic rings. The van der Waals surface area contributed by atoms with E-state index in [0.717, 1.165) is 16.4 Å². The van der Waals surface area contributed by atoms with Gasteiger partial charge < -0.3 is 10.5 Å². The molecular formula is C9H12ClNOS. The molecule has 13 heavy (non-hydrogen) atoms. The molecule has 1 aromatic carbocycles. The molecule has 0 aromatic heterocycles. The van der Waals surface area contributed by atoms with Gasteiger partial charge in [0.1, 0.15) is 5.75 Å². The van der Waals surface area contributed by atoms with Gasteiger partial charge in [-0.2, -0.15) is 0 Å². The van der Waals surface area contributed by atoms with E-state index in [4.69, 9.17) is 22.1 Å². The number of hydrogen-bond acceptors (Lipinski definition) is 3. The van der Waals surface area contributed by atoms with Gasteiger partial charge >= 0.3 is 0 Å². The lowest BCUT2D eigenvalue weighted by atomic mass is 10.3. The minimum absolute atomic E-state index is 0.650. The van der Waals surface area contributed by atoms with E-state index in [1.807, 2.05) is 18.2 Å². The molecule has 0 heterocycles. The predicted octanol–water partition coefficient (Wildman–Crippen LogP) is 2.61. The molecule has 2 nitrogen and oxygen atoms in total. The standard InChI is InChI=1S/C9H12ClNOS/c1-12-9-6-7(13-5-4-10)2-3-8(9)11/h2-3,6H,4-5,11H2,1H3. The number of alkyl halides is 1. The Labute approximate surface area is 87.4 Å². The van der Waals surface area contributed by atoms with E-state index in [0.29, 0.717) is 11.6 Å². The average Bonchev–Trinajstić information content (AvgIpc) is 2.16. The lowest BCUT2D eigenvalue weighted by Crippen LogP contribution is -1.92. The number of thioether (sulfide) groups is 1. The molecule has 1 aromatic rings. The summed E-state index contributed by atoms with van der Waals surface area (Å²) in [5, 5.41) is 0. The van der Waals surface area contributed by atoms with Gasteiger partial charge in [0.25, 0.3) is 0 Å². The number of nitrogen functional groups attached to an aromatic ring is 1. The summed E-state index contributed by atoms with van der Waals surface area (Å²) < 4.78 is 5.09. The summed E-state index contributed by atoms with van der Waals surface area (Å²) in [5.74, 6) is 2.27. The van der Waals surface area contributed by atoms with E-state index in [1.54, 1.807) is 18.9 Å². The number of rotatable bonds is 4. The van der Waals surface area contributed by atoms with E-state index in [2.05, 4.69) is 0 Å². The monoisotopic (exact) mass is 217 g/mol. The first-order valence-corrected chi connectivity index (χ1v) is 5.42. The van der Waals surface area contributed by atoms with Crippen molar-refractivity contribution in [2.75, 3.05) is 24.5 Å². The van der Waals surface area contributed by atoms with Gasteiger partial charge in [0.05, 0.1) is 12.8 Å². The van der Waals surface area contributed by atoms with E-state index in [1.165, 1.54) is 0 Å². The number of hydrogen-bond donors (Lipinski definition) is 1. The third-order valence-corrected chi connectivity index (χ3v) is 2.96. The molecule has 0 bridgehead atoms. The zero-order valence-corrected chi connectivity index (χ0v) is 8.99. The predicted molar refractivity (Wildman–Crippen MR) is 58.9 cm³/mol. The Morgan fingerprint density at radius 1 is 1.54 bits per heavy atom. The van der Waals surface area contributed by atoms with E-state index in [-0.39, 0.29) is 0 Å². The summed E-state index contributed by atoms with van der Waals surface area (Å²) in [6.45, 7) is 0.